The Morgan fingerprint density at radius 1 is 0.750 bits per heavy atom. The van der Waals surface area contributed by atoms with Crippen molar-refractivity contribution in [1.82, 2.24) is 9.80 Å². The van der Waals surface area contributed by atoms with E-state index in [1.807, 2.05) is 0 Å². The quantitative estimate of drug-likeness (QED) is 0.163. The van der Waals surface area contributed by atoms with Gasteiger partial charge in [0.25, 0.3) is 0 Å². The molecule has 0 spiro atoms. The van der Waals surface area contributed by atoms with Crippen molar-refractivity contribution >= 4 is 5.97 Å². The Hall–Kier alpha value is -0.870. The lowest BCUT2D eigenvalue weighted by Gasteiger charge is -2.18. The number of carbonyl (C=O) groups is 1. The van der Waals surface area contributed by atoms with Gasteiger partial charge in [-0.1, -0.05) is 57.9 Å². The average molecular weight is 397 g/mol. The van der Waals surface area contributed by atoms with Crippen LogP contribution in [0.3, 0.4) is 0 Å². The molecule has 166 valence electrons. The van der Waals surface area contributed by atoms with Crippen molar-refractivity contribution in [3.63, 3.8) is 0 Å². The van der Waals surface area contributed by atoms with Gasteiger partial charge < -0.3 is 14.5 Å². The Balaban J connectivity index is 3.83. The maximum absolute atomic E-state index is 11.3. The second kappa shape index (κ2) is 18.2. The molecule has 0 bridgehead atoms. The lowest BCUT2D eigenvalue weighted by molar-refractivity contribution is -0.139. The molecule has 0 aromatic rings. The molecule has 0 amide bonds. The van der Waals surface area contributed by atoms with Crippen LogP contribution in [-0.4, -0.2) is 63.7 Å². The first-order valence-electron chi connectivity index (χ1n) is 11.4. The predicted molar refractivity (Wildman–Crippen MR) is 122 cm³/mol. The molecule has 0 aliphatic rings. The van der Waals surface area contributed by atoms with E-state index < -0.39 is 0 Å². The van der Waals surface area contributed by atoms with Gasteiger partial charge in [0.2, 0.25) is 0 Å². The molecule has 0 heterocycles. The van der Waals surface area contributed by atoms with Gasteiger partial charge in [-0.05, 0) is 79.8 Å². The topological polar surface area (TPSA) is 32.8 Å². The van der Waals surface area contributed by atoms with E-state index in [1.165, 1.54) is 77.3 Å². The summed E-state index contributed by atoms with van der Waals surface area (Å²) in [5.41, 5.74) is 0.488. The number of carbonyl (C=O) groups excluding carboxylic acids is 1. The summed E-state index contributed by atoms with van der Waals surface area (Å²) in [7, 11) is 8.66. The summed E-state index contributed by atoms with van der Waals surface area (Å²) in [6, 6.07) is 0. The maximum Gasteiger partial charge on any atom is 0.333 e. The normalized spacial score (nSPS) is 12.5. The molecule has 1 unspecified atom stereocenters. The Kier molecular flexibility index (Phi) is 17.6. The van der Waals surface area contributed by atoms with Gasteiger partial charge in [0, 0.05) is 5.57 Å². The standard InChI is InChI=1S/C24H48N2O2/c1-22(2)24(27)28-21-14-9-7-8-11-16-23(18-15-20-26(5)6)17-12-10-13-19-25(3)4/h23H,1,7-21H2,2-6H3. The summed E-state index contributed by atoms with van der Waals surface area (Å²) in [5, 5.41) is 0. The zero-order chi connectivity index (χ0) is 21.2. The highest BCUT2D eigenvalue weighted by atomic mass is 16.5. The van der Waals surface area contributed by atoms with Crippen LogP contribution in [0.1, 0.15) is 84.0 Å². The van der Waals surface area contributed by atoms with Gasteiger partial charge in [-0.25, -0.2) is 4.79 Å². The lowest BCUT2D eigenvalue weighted by atomic mass is 9.90. The van der Waals surface area contributed by atoms with E-state index in [9.17, 15) is 4.79 Å². The molecule has 0 fully saturated rings. The van der Waals surface area contributed by atoms with Crippen molar-refractivity contribution in [3.8, 4) is 0 Å². The van der Waals surface area contributed by atoms with Crippen LogP contribution in [0, 0.1) is 5.92 Å². The van der Waals surface area contributed by atoms with Crippen LogP contribution < -0.4 is 0 Å². The first-order valence-corrected chi connectivity index (χ1v) is 11.4. The van der Waals surface area contributed by atoms with Gasteiger partial charge in [0.05, 0.1) is 6.61 Å². The van der Waals surface area contributed by atoms with Gasteiger partial charge in [-0.3, -0.25) is 0 Å². The molecule has 0 radical (unpaired) electrons. The van der Waals surface area contributed by atoms with E-state index in [1.54, 1.807) is 6.92 Å². The highest BCUT2D eigenvalue weighted by Gasteiger charge is 2.09. The number of ether oxygens (including phenoxy) is 1. The molecule has 4 heteroatoms. The summed E-state index contributed by atoms with van der Waals surface area (Å²) in [5.74, 6) is 0.641. The Morgan fingerprint density at radius 2 is 1.21 bits per heavy atom. The molecular formula is C24H48N2O2. The van der Waals surface area contributed by atoms with Crippen LogP contribution in [0.5, 0.6) is 0 Å². The third-order valence-corrected chi connectivity index (χ3v) is 5.27. The fraction of sp³-hybridized carbons (Fsp3) is 0.875. The summed E-state index contributed by atoms with van der Waals surface area (Å²) in [6.07, 6.45) is 15.6. The molecule has 0 aromatic heterocycles. The lowest BCUT2D eigenvalue weighted by Crippen LogP contribution is -2.14. The van der Waals surface area contributed by atoms with Crippen LogP contribution in [-0.2, 0) is 9.53 Å². The van der Waals surface area contributed by atoms with Crippen LogP contribution in [0.4, 0.5) is 0 Å². The van der Waals surface area contributed by atoms with Gasteiger partial charge in [0.15, 0.2) is 0 Å². The van der Waals surface area contributed by atoms with Crippen molar-refractivity contribution in [2.24, 2.45) is 5.92 Å². The number of hydrogen-bond acceptors (Lipinski definition) is 4. The summed E-state index contributed by atoms with van der Waals surface area (Å²) >= 11 is 0. The van der Waals surface area contributed by atoms with Crippen molar-refractivity contribution in [1.29, 1.82) is 0 Å². The van der Waals surface area contributed by atoms with Crippen molar-refractivity contribution in [3.05, 3.63) is 12.2 Å². The number of rotatable bonds is 19. The number of unbranched alkanes of at least 4 members (excludes halogenated alkanes) is 6. The maximum atomic E-state index is 11.3. The zero-order valence-electron chi connectivity index (χ0n) is 19.6. The molecular weight excluding hydrogens is 348 g/mol. The molecule has 4 nitrogen and oxygen atoms in total. The van der Waals surface area contributed by atoms with E-state index in [2.05, 4.69) is 44.6 Å². The fourth-order valence-corrected chi connectivity index (χ4v) is 3.52. The van der Waals surface area contributed by atoms with Crippen LogP contribution in [0.15, 0.2) is 12.2 Å². The summed E-state index contributed by atoms with van der Waals surface area (Å²) in [4.78, 5) is 15.9. The van der Waals surface area contributed by atoms with Gasteiger partial charge in [-0.2, -0.15) is 0 Å². The largest absolute Gasteiger partial charge is 0.462 e. The number of hydrogen-bond donors (Lipinski definition) is 0. The van der Waals surface area contributed by atoms with Crippen LogP contribution in [0.25, 0.3) is 0 Å². The summed E-state index contributed by atoms with van der Waals surface area (Å²) in [6.45, 7) is 8.25. The Labute approximate surface area is 175 Å². The fourth-order valence-electron chi connectivity index (χ4n) is 3.52. The molecule has 1 atom stereocenters. The minimum Gasteiger partial charge on any atom is -0.462 e. The molecule has 0 rings (SSSR count). The predicted octanol–water partition coefficient (Wildman–Crippen LogP) is 5.53. The van der Waals surface area contributed by atoms with E-state index in [0.717, 1.165) is 18.8 Å². The van der Waals surface area contributed by atoms with Crippen molar-refractivity contribution < 1.29 is 9.53 Å². The van der Waals surface area contributed by atoms with E-state index in [-0.39, 0.29) is 5.97 Å². The Bertz CT molecular complexity index is 394. The molecule has 0 aliphatic carbocycles. The molecule has 0 N–H and O–H groups in total. The van der Waals surface area contributed by atoms with Gasteiger partial charge >= 0.3 is 5.97 Å². The monoisotopic (exact) mass is 396 g/mol. The summed E-state index contributed by atoms with van der Waals surface area (Å²) < 4.78 is 5.15. The second-order valence-corrected chi connectivity index (χ2v) is 8.94. The van der Waals surface area contributed by atoms with Crippen molar-refractivity contribution in [2.45, 2.75) is 84.0 Å². The third kappa shape index (κ3) is 18.5. The van der Waals surface area contributed by atoms with E-state index >= 15 is 0 Å². The number of nitrogens with zero attached hydrogens (tertiary/aromatic N) is 2. The highest BCUT2D eigenvalue weighted by Crippen LogP contribution is 2.23. The first kappa shape index (κ1) is 27.1. The third-order valence-electron chi connectivity index (χ3n) is 5.27. The van der Waals surface area contributed by atoms with Crippen LogP contribution in [0.2, 0.25) is 0 Å². The molecule has 0 saturated carbocycles. The SMILES string of the molecule is C=C(C)C(=O)OCCCCCCCC(CCCCCN(C)C)CCCN(C)C. The minimum absolute atomic E-state index is 0.258. The molecule has 0 saturated heterocycles. The van der Waals surface area contributed by atoms with E-state index in [0.29, 0.717) is 12.2 Å². The van der Waals surface area contributed by atoms with E-state index in [4.69, 9.17) is 4.74 Å². The zero-order valence-corrected chi connectivity index (χ0v) is 19.6. The van der Waals surface area contributed by atoms with Gasteiger partial charge in [0.1, 0.15) is 0 Å². The minimum atomic E-state index is -0.258. The van der Waals surface area contributed by atoms with Gasteiger partial charge in [-0.15, -0.1) is 0 Å². The van der Waals surface area contributed by atoms with Crippen molar-refractivity contribution in [2.75, 3.05) is 47.9 Å². The first-order chi connectivity index (χ1) is 13.3. The number of esters is 1. The molecule has 0 aromatic carbocycles. The molecule has 0 aliphatic heterocycles. The molecule has 28 heavy (non-hydrogen) atoms. The highest BCUT2D eigenvalue weighted by molar-refractivity contribution is 5.86. The second-order valence-electron chi connectivity index (χ2n) is 8.94. The smallest absolute Gasteiger partial charge is 0.333 e. The Morgan fingerprint density at radius 3 is 1.79 bits per heavy atom. The van der Waals surface area contributed by atoms with Crippen LogP contribution >= 0.6 is 0 Å². The average Bonchev–Trinajstić information content (AvgIpc) is 2.62.